The average Bonchev–Trinajstić information content (AvgIpc) is 2.78. The van der Waals surface area contributed by atoms with E-state index in [2.05, 4.69) is 5.16 Å². The van der Waals surface area contributed by atoms with Crippen molar-refractivity contribution < 1.29 is 18.6 Å². The Morgan fingerprint density at radius 1 is 1.45 bits per heavy atom. The van der Waals surface area contributed by atoms with Crippen LogP contribution in [0.25, 0.3) is 0 Å². The smallest absolute Gasteiger partial charge is 0.272 e. The number of halogens is 1. The molecule has 2 rings (SSSR count). The number of aromatic nitrogens is 1. The summed E-state index contributed by atoms with van der Waals surface area (Å²) in [7, 11) is 1.51. The van der Waals surface area contributed by atoms with Crippen molar-refractivity contribution >= 4 is 11.6 Å². The molecule has 1 aromatic heterocycles. The maximum atomic E-state index is 13.9. The van der Waals surface area contributed by atoms with Crippen molar-refractivity contribution in [2.45, 2.75) is 20.4 Å². The zero-order valence-electron chi connectivity index (χ0n) is 12.3. The van der Waals surface area contributed by atoms with Crippen LogP contribution in [0.5, 0.6) is 0 Å². The molecule has 0 aliphatic carbocycles. The number of nitro benzene ring substituents is 1. The number of aryl methyl sites for hydroxylation is 2. The van der Waals surface area contributed by atoms with Gasteiger partial charge in [0.25, 0.3) is 11.6 Å². The van der Waals surface area contributed by atoms with Crippen molar-refractivity contribution in [1.82, 2.24) is 10.1 Å². The molecule has 0 fully saturated rings. The van der Waals surface area contributed by atoms with E-state index in [1.807, 2.05) is 0 Å². The largest absolute Gasteiger partial charge is 0.361 e. The van der Waals surface area contributed by atoms with E-state index in [-0.39, 0.29) is 12.1 Å². The average molecular weight is 307 g/mol. The van der Waals surface area contributed by atoms with Crippen LogP contribution in [0.3, 0.4) is 0 Å². The van der Waals surface area contributed by atoms with Gasteiger partial charge in [-0.05, 0) is 19.9 Å². The van der Waals surface area contributed by atoms with Crippen molar-refractivity contribution in [3.05, 3.63) is 56.7 Å². The summed E-state index contributed by atoms with van der Waals surface area (Å²) in [5, 5.41) is 14.4. The van der Waals surface area contributed by atoms with Crippen molar-refractivity contribution in [3.8, 4) is 0 Å². The number of benzene rings is 1. The van der Waals surface area contributed by atoms with Crippen LogP contribution >= 0.6 is 0 Å². The predicted octanol–water partition coefficient (Wildman–Crippen LogP) is 2.61. The van der Waals surface area contributed by atoms with Gasteiger partial charge in [0.1, 0.15) is 11.6 Å². The van der Waals surface area contributed by atoms with E-state index in [1.54, 1.807) is 13.8 Å². The number of amides is 1. The number of nitrogens with zero attached hydrogens (tertiary/aromatic N) is 3. The van der Waals surface area contributed by atoms with Crippen LogP contribution in [0.15, 0.2) is 22.7 Å². The fraction of sp³-hybridized carbons (Fsp3) is 0.286. The van der Waals surface area contributed by atoms with Gasteiger partial charge in [-0.3, -0.25) is 14.9 Å². The standard InChI is InChI=1S/C14H14FN3O4/c1-8-12(9(2)22-16-8)7-17(3)14(19)11-5-4-10(18(20)21)6-13(11)15/h4-6H,7H2,1-3H3. The van der Waals surface area contributed by atoms with E-state index < -0.39 is 22.3 Å². The van der Waals surface area contributed by atoms with Gasteiger partial charge in [0.15, 0.2) is 0 Å². The number of carbonyl (C=O) groups excluding carboxylic acids is 1. The molecule has 0 radical (unpaired) electrons. The van der Waals surface area contributed by atoms with Crippen LogP contribution in [0, 0.1) is 29.8 Å². The number of hydrogen-bond donors (Lipinski definition) is 0. The first-order valence-corrected chi connectivity index (χ1v) is 6.42. The Hall–Kier alpha value is -2.77. The van der Waals surface area contributed by atoms with Crippen LogP contribution in [0.2, 0.25) is 0 Å². The van der Waals surface area contributed by atoms with Gasteiger partial charge in [-0.25, -0.2) is 4.39 Å². The van der Waals surface area contributed by atoms with E-state index >= 15 is 0 Å². The van der Waals surface area contributed by atoms with Gasteiger partial charge in [-0.1, -0.05) is 5.16 Å². The van der Waals surface area contributed by atoms with Gasteiger partial charge in [0.05, 0.1) is 28.8 Å². The van der Waals surface area contributed by atoms with E-state index in [4.69, 9.17) is 4.52 Å². The summed E-state index contributed by atoms with van der Waals surface area (Å²) in [5.41, 5.74) is 0.779. The quantitative estimate of drug-likeness (QED) is 0.639. The molecule has 0 atom stereocenters. The van der Waals surface area contributed by atoms with Crippen molar-refractivity contribution in [1.29, 1.82) is 0 Å². The number of non-ortho nitro benzene ring substituents is 1. The number of hydrogen-bond acceptors (Lipinski definition) is 5. The summed E-state index contributed by atoms with van der Waals surface area (Å²) in [6, 6.07) is 2.94. The first kappa shape index (κ1) is 15.6. The number of rotatable bonds is 4. The lowest BCUT2D eigenvalue weighted by molar-refractivity contribution is -0.385. The second-order valence-corrected chi connectivity index (χ2v) is 4.89. The summed E-state index contributed by atoms with van der Waals surface area (Å²) >= 11 is 0. The summed E-state index contributed by atoms with van der Waals surface area (Å²) in [6.07, 6.45) is 0. The highest BCUT2D eigenvalue weighted by Gasteiger charge is 2.21. The van der Waals surface area contributed by atoms with Gasteiger partial charge >= 0.3 is 0 Å². The normalized spacial score (nSPS) is 10.5. The zero-order valence-corrected chi connectivity index (χ0v) is 12.3. The van der Waals surface area contributed by atoms with Crippen LogP contribution in [-0.4, -0.2) is 27.9 Å². The highest BCUT2D eigenvalue weighted by Crippen LogP contribution is 2.20. The first-order chi connectivity index (χ1) is 10.3. The van der Waals surface area contributed by atoms with E-state index in [9.17, 15) is 19.3 Å². The van der Waals surface area contributed by atoms with Crippen molar-refractivity contribution in [2.75, 3.05) is 7.05 Å². The molecule has 0 N–H and O–H groups in total. The topological polar surface area (TPSA) is 89.5 Å². The fourth-order valence-corrected chi connectivity index (χ4v) is 2.03. The highest BCUT2D eigenvalue weighted by atomic mass is 19.1. The lowest BCUT2D eigenvalue weighted by Gasteiger charge is -2.17. The Labute approximate surface area is 125 Å². The maximum Gasteiger partial charge on any atom is 0.272 e. The van der Waals surface area contributed by atoms with Gasteiger partial charge in [-0.15, -0.1) is 0 Å². The molecule has 0 saturated heterocycles. The van der Waals surface area contributed by atoms with Crippen LogP contribution < -0.4 is 0 Å². The Kier molecular flexibility index (Phi) is 4.20. The second kappa shape index (κ2) is 5.92. The molecule has 116 valence electrons. The molecular weight excluding hydrogens is 293 g/mol. The molecule has 0 saturated carbocycles. The lowest BCUT2D eigenvalue weighted by atomic mass is 10.1. The molecule has 0 aliphatic heterocycles. The molecule has 22 heavy (non-hydrogen) atoms. The SMILES string of the molecule is Cc1noc(C)c1CN(C)C(=O)c1ccc([N+](=O)[O-])cc1F. The molecule has 0 bridgehead atoms. The first-order valence-electron chi connectivity index (χ1n) is 6.42. The minimum absolute atomic E-state index is 0.205. The summed E-state index contributed by atoms with van der Waals surface area (Å²) in [5.74, 6) is -0.918. The van der Waals surface area contributed by atoms with E-state index in [0.29, 0.717) is 11.5 Å². The third-order valence-corrected chi connectivity index (χ3v) is 3.32. The van der Waals surface area contributed by atoms with Crippen LogP contribution in [-0.2, 0) is 6.54 Å². The Morgan fingerprint density at radius 2 is 2.14 bits per heavy atom. The lowest BCUT2D eigenvalue weighted by Crippen LogP contribution is -2.27. The molecule has 1 aromatic carbocycles. The third-order valence-electron chi connectivity index (χ3n) is 3.32. The summed E-state index contributed by atoms with van der Waals surface area (Å²) in [6.45, 7) is 3.67. The Morgan fingerprint density at radius 3 is 2.64 bits per heavy atom. The van der Waals surface area contributed by atoms with E-state index in [0.717, 1.165) is 23.8 Å². The summed E-state index contributed by atoms with van der Waals surface area (Å²) < 4.78 is 18.9. The maximum absolute atomic E-state index is 13.9. The van der Waals surface area contributed by atoms with Crippen LogP contribution in [0.4, 0.5) is 10.1 Å². The summed E-state index contributed by atoms with van der Waals surface area (Å²) in [4.78, 5) is 23.4. The van der Waals surface area contributed by atoms with Crippen molar-refractivity contribution in [2.24, 2.45) is 0 Å². The predicted molar refractivity (Wildman–Crippen MR) is 74.8 cm³/mol. The number of carbonyl (C=O) groups is 1. The highest BCUT2D eigenvalue weighted by molar-refractivity contribution is 5.94. The Balaban J connectivity index is 2.22. The van der Waals surface area contributed by atoms with E-state index in [1.165, 1.54) is 11.9 Å². The molecule has 0 spiro atoms. The molecule has 8 heteroatoms. The molecular formula is C14H14FN3O4. The molecule has 2 aromatic rings. The zero-order chi connectivity index (χ0) is 16.4. The van der Waals surface area contributed by atoms with Crippen LogP contribution in [0.1, 0.15) is 27.4 Å². The minimum Gasteiger partial charge on any atom is -0.361 e. The molecule has 0 unspecified atom stereocenters. The van der Waals surface area contributed by atoms with Gasteiger partial charge in [0, 0.05) is 18.7 Å². The number of nitro groups is 1. The Bertz CT molecular complexity index is 722. The monoisotopic (exact) mass is 307 g/mol. The van der Waals surface area contributed by atoms with Gasteiger partial charge in [-0.2, -0.15) is 0 Å². The fourth-order valence-electron chi connectivity index (χ4n) is 2.03. The van der Waals surface area contributed by atoms with Gasteiger partial charge in [0.2, 0.25) is 0 Å². The second-order valence-electron chi connectivity index (χ2n) is 4.89. The molecule has 1 amide bonds. The third kappa shape index (κ3) is 2.95. The van der Waals surface area contributed by atoms with Gasteiger partial charge < -0.3 is 9.42 Å². The molecule has 0 aliphatic rings. The van der Waals surface area contributed by atoms with Crippen molar-refractivity contribution in [3.63, 3.8) is 0 Å². The minimum atomic E-state index is -0.926. The molecule has 7 nitrogen and oxygen atoms in total. The molecule has 1 heterocycles.